The van der Waals surface area contributed by atoms with Crippen molar-refractivity contribution >= 4 is 22.1 Å². The Morgan fingerprint density at radius 1 is 0.667 bits per heavy atom. The predicted molar refractivity (Wildman–Crippen MR) is 238 cm³/mol. The largest absolute Gasteiger partial charge is 0.374 e. The smallest absolute Gasteiger partial charge is 0.141 e. The maximum atomic E-state index is 6.51. The SMILES string of the molecule is Cc1ccc(-c2cn(CC3CCOC(c4ccc(-c5cn(CC6(C)CCCCC6)c6cc(-c7c(C)noc7C)cnc56)cc4)C3)c3cc(-c4c(C)noc4C)cnc23)cc1. The van der Waals surface area contributed by atoms with Crippen LogP contribution in [0.15, 0.2) is 94.5 Å². The molecule has 7 heterocycles. The van der Waals surface area contributed by atoms with Crippen molar-refractivity contribution in [2.75, 3.05) is 6.61 Å². The maximum absolute atomic E-state index is 6.51. The lowest BCUT2D eigenvalue weighted by Crippen LogP contribution is -2.25. The number of benzene rings is 2. The fourth-order valence-corrected chi connectivity index (χ4v) is 10.2. The molecule has 8 aromatic rings. The molecule has 0 bridgehead atoms. The van der Waals surface area contributed by atoms with Gasteiger partial charge in [0.05, 0.1) is 39.6 Å². The molecule has 60 heavy (non-hydrogen) atoms. The first-order valence-corrected chi connectivity index (χ1v) is 21.7. The Morgan fingerprint density at radius 2 is 1.22 bits per heavy atom. The summed E-state index contributed by atoms with van der Waals surface area (Å²) in [6.07, 6.45) is 17.0. The van der Waals surface area contributed by atoms with Gasteiger partial charge in [0, 0.05) is 77.9 Å². The Hall–Kier alpha value is -5.80. The van der Waals surface area contributed by atoms with Crippen LogP contribution in [-0.4, -0.2) is 36.0 Å². The molecule has 9 nitrogen and oxygen atoms in total. The van der Waals surface area contributed by atoms with E-state index in [1.165, 1.54) is 54.4 Å². The lowest BCUT2D eigenvalue weighted by atomic mass is 9.75. The van der Waals surface area contributed by atoms with Crippen molar-refractivity contribution in [2.45, 2.75) is 106 Å². The van der Waals surface area contributed by atoms with Gasteiger partial charge in [0.2, 0.25) is 0 Å². The third-order valence-electron chi connectivity index (χ3n) is 13.5. The summed E-state index contributed by atoms with van der Waals surface area (Å²) in [5, 5.41) is 8.47. The van der Waals surface area contributed by atoms with Crippen LogP contribution in [0.1, 0.15) is 92.0 Å². The van der Waals surface area contributed by atoms with E-state index in [-0.39, 0.29) is 11.5 Å². The number of fused-ring (bicyclic) bond motifs is 2. The highest BCUT2D eigenvalue weighted by Crippen LogP contribution is 2.42. The zero-order chi connectivity index (χ0) is 41.1. The van der Waals surface area contributed by atoms with Gasteiger partial charge in [0.25, 0.3) is 0 Å². The summed E-state index contributed by atoms with van der Waals surface area (Å²) < 4.78 is 22.5. The highest BCUT2D eigenvalue weighted by molar-refractivity contribution is 5.96. The molecule has 2 fully saturated rings. The average molecular weight is 799 g/mol. The van der Waals surface area contributed by atoms with Crippen LogP contribution in [0.2, 0.25) is 0 Å². The maximum Gasteiger partial charge on any atom is 0.141 e. The van der Waals surface area contributed by atoms with E-state index < -0.39 is 0 Å². The number of pyridine rings is 2. The van der Waals surface area contributed by atoms with Crippen molar-refractivity contribution in [3.8, 4) is 44.5 Å². The van der Waals surface area contributed by atoms with Crippen LogP contribution in [-0.2, 0) is 17.8 Å². The van der Waals surface area contributed by atoms with Crippen LogP contribution < -0.4 is 0 Å². The molecular weight excluding hydrogens is 745 g/mol. The fraction of sp³-hybridized carbons (Fsp3) is 0.373. The van der Waals surface area contributed by atoms with Gasteiger partial charge in [0.1, 0.15) is 11.5 Å². The molecular formula is C51H54N6O3. The zero-order valence-electron chi connectivity index (χ0n) is 35.7. The van der Waals surface area contributed by atoms with Gasteiger partial charge in [-0.05, 0) is 100 Å². The molecule has 2 aliphatic rings. The van der Waals surface area contributed by atoms with Crippen LogP contribution in [0.4, 0.5) is 0 Å². The van der Waals surface area contributed by atoms with Crippen LogP contribution in [0.5, 0.6) is 0 Å². The van der Waals surface area contributed by atoms with E-state index in [1.807, 2.05) is 40.1 Å². The van der Waals surface area contributed by atoms with Crippen molar-refractivity contribution < 1.29 is 13.8 Å². The van der Waals surface area contributed by atoms with Gasteiger partial charge in [-0.15, -0.1) is 0 Å². The fourth-order valence-electron chi connectivity index (χ4n) is 10.2. The molecule has 1 saturated carbocycles. The van der Waals surface area contributed by atoms with Crippen molar-refractivity contribution in [1.29, 1.82) is 0 Å². The highest BCUT2D eigenvalue weighted by Gasteiger charge is 2.30. The standard InChI is InChI=1S/C51H54N6O3/c1-31-10-12-37(13-11-31)42-28-56(44-23-40(25-52-49(42)44)47-32(2)54-59-34(47)4)27-36-18-21-58-46(22-36)39-16-14-38(15-17-39)43-29-57(30-51(6)19-8-7-9-20-51)45-24-41(26-53-50(43)45)48-33(3)55-60-35(48)5/h10-17,23-26,28-29,36,46H,7-9,18-22,27,30H2,1-6H3. The van der Waals surface area contributed by atoms with Gasteiger partial charge >= 0.3 is 0 Å². The molecule has 1 saturated heterocycles. The first-order chi connectivity index (χ1) is 29.1. The number of hydrogen-bond acceptors (Lipinski definition) is 7. The summed E-state index contributed by atoms with van der Waals surface area (Å²) >= 11 is 0. The summed E-state index contributed by atoms with van der Waals surface area (Å²) in [6.45, 7) is 15.1. The molecule has 306 valence electrons. The van der Waals surface area contributed by atoms with E-state index in [4.69, 9.17) is 23.8 Å². The van der Waals surface area contributed by atoms with Crippen molar-refractivity contribution in [1.82, 2.24) is 29.4 Å². The van der Waals surface area contributed by atoms with E-state index in [1.54, 1.807) is 0 Å². The Labute approximate surface area is 351 Å². The van der Waals surface area contributed by atoms with Crippen molar-refractivity contribution in [3.63, 3.8) is 0 Å². The second kappa shape index (κ2) is 15.3. The van der Waals surface area contributed by atoms with Crippen molar-refractivity contribution in [2.24, 2.45) is 11.3 Å². The Bertz CT molecular complexity index is 2790. The van der Waals surface area contributed by atoms with Crippen LogP contribution in [0.25, 0.3) is 66.6 Å². The molecule has 1 aliphatic carbocycles. The molecule has 2 atom stereocenters. The minimum atomic E-state index is 0.0236. The van der Waals surface area contributed by atoms with E-state index >= 15 is 0 Å². The Kier molecular flexibility index (Phi) is 9.82. The van der Waals surface area contributed by atoms with Crippen LogP contribution in [0.3, 0.4) is 0 Å². The number of nitrogens with zero attached hydrogens (tertiary/aromatic N) is 6. The first-order valence-electron chi connectivity index (χ1n) is 21.7. The van der Waals surface area contributed by atoms with Gasteiger partial charge in [-0.2, -0.15) is 0 Å². The quantitative estimate of drug-likeness (QED) is 0.143. The number of ether oxygens (including phenoxy) is 1. The molecule has 2 unspecified atom stereocenters. The lowest BCUT2D eigenvalue weighted by molar-refractivity contribution is -0.0136. The van der Waals surface area contributed by atoms with Gasteiger partial charge < -0.3 is 22.9 Å². The van der Waals surface area contributed by atoms with E-state index in [2.05, 4.69) is 106 Å². The lowest BCUT2D eigenvalue weighted by Gasteiger charge is -2.34. The average Bonchev–Trinajstić information content (AvgIpc) is 4.00. The molecule has 10 rings (SSSR count). The molecule has 0 amide bonds. The molecule has 0 radical (unpaired) electrons. The molecule has 2 aromatic carbocycles. The van der Waals surface area contributed by atoms with Gasteiger partial charge in [-0.1, -0.05) is 90.6 Å². The zero-order valence-corrected chi connectivity index (χ0v) is 35.7. The van der Waals surface area contributed by atoms with E-state index in [0.717, 1.165) is 111 Å². The second-order valence-corrected chi connectivity index (χ2v) is 18.1. The third kappa shape index (κ3) is 7.06. The number of aromatic nitrogens is 6. The molecule has 6 aromatic heterocycles. The van der Waals surface area contributed by atoms with E-state index in [9.17, 15) is 0 Å². The molecule has 0 N–H and O–H groups in total. The number of aryl methyl sites for hydroxylation is 5. The first kappa shape index (κ1) is 38.4. The Balaban J connectivity index is 0.939. The predicted octanol–water partition coefficient (Wildman–Crippen LogP) is 12.7. The topological polar surface area (TPSA) is 96.9 Å². The van der Waals surface area contributed by atoms with Crippen LogP contribution in [0, 0.1) is 46.0 Å². The summed E-state index contributed by atoms with van der Waals surface area (Å²) in [4.78, 5) is 10.2. The van der Waals surface area contributed by atoms with Gasteiger partial charge in [-0.25, -0.2) is 0 Å². The minimum absolute atomic E-state index is 0.0236. The van der Waals surface area contributed by atoms with Crippen LogP contribution >= 0.6 is 0 Å². The second-order valence-electron chi connectivity index (χ2n) is 18.1. The Morgan fingerprint density at radius 3 is 1.78 bits per heavy atom. The van der Waals surface area contributed by atoms with Crippen molar-refractivity contribution in [3.05, 3.63) is 119 Å². The van der Waals surface area contributed by atoms with E-state index in [0.29, 0.717) is 5.92 Å². The summed E-state index contributed by atoms with van der Waals surface area (Å²) in [7, 11) is 0. The highest BCUT2D eigenvalue weighted by atomic mass is 16.5. The molecule has 1 aliphatic heterocycles. The minimum Gasteiger partial charge on any atom is -0.374 e. The summed E-state index contributed by atoms with van der Waals surface area (Å²) in [5.41, 5.74) is 17.6. The molecule has 9 heteroatoms. The monoisotopic (exact) mass is 798 g/mol. The van der Waals surface area contributed by atoms with Gasteiger partial charge in [0.15, 0.2) is 0 Å². The summed E-state index contributed by atoms with van der Waals surface area (Å²) in [6, 6.07) is 22.4. The normalized spacial score (nSPS) is 18.2. The third-order valence-corrected chi connectivity index (χ3v) is 13.5. The number of hydrogen-bond donors (Lipinski definition) is 0. The summed E-state index contributed by atoms with van der Waals surface area (Å²) in [5.74, 6) is 2.06. The molecule has 0 spiro atoms. The van der Waals surface area contributed by atoms with Gasteiger partial charge in [-0.3, -0.25) is 9.97 Å². The number of rotatable bonds is 9.